The van der Waals surface area contributed by atoms with E-state index in [0.29, 0.717) is 24.8 Å². The summed E-state index contributed by atoms with van der Waals surface area (Å²) in [5, 5.41) is 10.4. The van der Waals surface area contributed by atoms with E-state index in [-0.39, 0.29) is 11.9 Å². The van der Waals surface area contributed by atoms with E-state index < -0.39 is 0 Å². The first-order chi connectivity index (χ1) is 8.56. The van der Waals surface area contributed by atoms with E-state index in [0.717, 1.165) is 5.69 Å². The van der Waals surface area contributed by atoms with E-state index in [1.54, 1.807) is 20.3 Å². The highest BCUT2D eigenvalue weighted by Crippen LogP contribution is 2.05. The van der Waals surface area contributed by atoms with Gasteiger partial charge in [-0.1, -0.05) is 0 Å². The number of nitrogens with zero attached hydrogens (tertiary/aromatic N) is 2. The molecule has 18 heavy (non-hydrogen) atoms. The molecule has 0 aliphatic heterocycles. The lowest BCUT2D eigenvalue weighted by atomic mass is 10.3. The quantitative estimate of drug-likeness (QED) is 0.471. The van der Waals surface area contributed by atoms with E-state index in [1.807, 2.05) is 6.92 Å². The summed E-state index contributed by atoms with van der Waals surface area (Å²) in [6.07, 6.45) is -0.0834. The molecule has 0 amide bonds. The van der Waals surface area contributed by atoms with E-state index in [9.17, 15) is 0 Å². The van der Waals surface area contributed by atoms with Gasteiger partial charge < -0.3 is 20.5 Å². The standard InChI is InChI=1S/C11H19N5O2/c1-7-4-9(10(12)13)16-11(15-7)14-5-8(18-3)6-17-2/h4,8H,5-6H2,1-3H3,(H3,12,13)(H,14,15,16). The van der Waals surface area contributed by atoms with Gasteiger partial charge in [0.05, 0.1) is 12.7 Å². The van der Waals surface area contributed by atoms with Crippen LogP contribution in [0.15, 0.2) is 6.07 Å². The van der Waals surface area contributed by atoms with Crippen LogP contribution in [0.25, 0.3) is 0 Å². The Labute approximate surface area is 106 Å². The first-order valence-electron chi connectivity index (χ1n) is 5.52. The smallest absolute Gasteiger partial charge is 0.223 e. The van der Waals surface area contributed by atoms with E-state index in [1.165, 1.54) is 0 Å². The number of hydrogen-bond acceptors (Lipinski definition) is 6. The van der Waals surface area contributed by atoms with Crippen LogP contribution in [-0.2, 0) is 9.47 Å². The molecule has 100 valence electrons. The fourth-order valence-electron chi connectivity index (χ4n) is 1.39. The predicted octanol–water partition coefficient (Wildman–Crippen LogP) is 0.142. The Bertz CT molecular complexity index is 410. The molecule has 0 radical (unpaired) electrons. The molecule has 0 saturated carbocycles. The second kappa shape index (κ2) is 6.87. The molecule has 0 aliphatic carbocycles. The summed E-state index contributed by atoms with van der Waals surface area (Å²) in [6, 6.07) is 1.66. The third-order valence-corrected chi connectivity index (χ3v) is 2.30. The van der Waals surface area contributed by atoms with Crippen molar-refractivity contribution in [3.63, 3.8) is 0 Å². The molecule has 1 aromatic heterocycles. The molecule has 1 aromatic rings. The number of rotatable bonds is 7. The molecule has 0 saturated heterocycles. The van der Waals surface area contributed by atoms with Gasteiger partial charge in [0, 0.05) is 26.5 Å². The zero-order chi connectivity index (χ0) is 13.5. The maximum Gasteiger partial charge on any atom is 0.223 e. The third-order valence-electron chi connectivity index (χ3n) is 2.30. The monoisotopic (exact) mass is 253 g/mol. The summed E-state index contributed by atoms with van der Waals surface area (Å²) in [5.74, 6) is 0.349. The summed E-state index contributed by atoms with van der Waals surface area (Å²) in [7, 11) is 3.23. The van der Waals surface area contributed by atoms with Crippen LogP contribution in [0, 0.1) is 12.3 Å². The van der Waals surface area contributed by atoms with E-state index >= 15 is 0 Å². The summed E-state index contributed by atoms with van der Waals surface area (Å²) in [4.78, 5) is 8.34. The largest absolute Gasteiger partial charge is 0.382 e. The Kier molecular flexibility index (Phi) is 5.47. The lowest BCUT2D eigenvalue weighted by Gasteiger charge is -2.15. The molecule has 0 bridgehead atoms. The van der Waals surface area contributed by atoms with Gasteiger partial charge >= 0.3 is 0 Å². The Hall–Kier alpha value is -1.73. The molecule has 7 heteroatoms. The highest BCUT2D eigenvalue weighted by atomic mass is 16.5. The van der Waals surface area contributed by atoms with Crippen molar-refractivity contribution in [2.75, 3.05) is 32.7 Å². The number of aryl methyl sites for hydroxylation is 1. The van der Waals surface area contributed by atoms with Crippen molar-refractivity contribution in [2.45, 2.75) is 13.0 Å². The third kappa shape index (κ3) is 4.27. The highest BCUT2D eigenvalue weighted by molar-refractivity contribution is 5.93. The molecule has 7 nitrogen and oxygen atoms in total. The first kappa shape index (κ1) is 14.3. The maximum absolute atomic E-state index is 7.36. The minimum atomic E-state index is -0.0834. The van der Waals surface area contributed by atoms with E-state index in [4.69, 9.17) is 20.6 Å². The zero-order valence-corrected chi connectivity index (χ0v) is 10.9. The average molecular weight is 253 g/mol. The van der Waals surface area contributed by atoms with Gasteiger partial charge in [-0.3, -0.25) is 5.41 Å². The van der Waals surface area contributed by atoms with Crippen LogP contribution >= 0.6 is 0 Å². The van der Waals surface area contributed by atoms with Gasteiger partial charge in [-0.05, 0) is 13.0 Å². The number of nitrogens with one attached hydrogen (secondary N) is 2. The molecule has 1 unspecified atom stereocenters. The first-order valence-corrected chi connectivity index (χ1v) is 5.52. The number of aromatic nitrogens is 2. The van der Waals surface area contributed by atoms with Crippen molar-refractivity contribution in [3.05, 3.63) is 17.5 Å². The van der Waals surface area contributed by atoms with Crippen LogP contribution in [0.1, 0.15) is 11.4 Å². The molecule has 0 fully saturated rings. The number of anilines is 1. The van der Waals surface area contributed by atoms with Gasteiger partial charge in [-0.15, -0.1) is 0 Å². The normalized spacial score (nSPS) is 12.2. The van der Waals surface area contributed by atoms with Gasteiger partial charge in [0.25, 0.3) is 0 Å². The molecule has 1 atom stereocenters. The minimum Gasteiger partial charge on any atom is -0.382 e. The van der Waals surface area contributed by atoms with Crippen LogP contribution in [0.3, 0.4) is 0 Å². The summed E-state index contributed by atoms with van der Waals surface area (Å²) in [5.41, 5.74) is 6.56. The molecule has 4 N–H and O–H groups in total. The Balaban J connectivity index is 2.69. The van der Waals surface area contributed by atoms with Crippen LogP contribution in [0.2, 0.25) is 0 Å². The summed E-state index contributed by atoms with van der Waals surface area (Å²) in [6.45, 7) is 2.82. The summed E-state index contributed by atoms with van der Waals surface area (Å²) < 4.78 is 10.2. The minimum absolute atomic E-state index is 0.0799. The van der Waals surface area contributed by atoms with E-state index in [2.05, 4.69) is 15.3 Å². The lowest BCUT2D eigenvalue weighted by Crippen LogP contribution is -2.27. The number of methoxy groups -OCH3 is 2. The molecule has 0 aromatic carbocycles. The molecule has 0 spiro atoms. The second-order valence-electron chi connectivity index (χ2n) is 3.83. The SMILES string of the molecule is COCC(CNc1nc(C)cc(C(=N)N)n1)OC. The topological polar surface area (TPSA) is 106 Å². The molecule has 0 aliphatic rings. The number of ether oxygens (including phenoxy) is 2. The lowest BCUT2D eigenvalue weighted by molar-refractivity contribution is 0.0365. The van der Waals surface area contributed by atoms with Crippen molar-refractivity contribution in [1.29, 1.82) is 5.41 Å². The average Bonchev–Trinajstić information content (AvgIpc) is 2.33. The van der Waals surface area contributed by atoms with Crippen molar-refractivity contribution in [1.82, 2.24) is 9.97 Å². The molecular weight excluding hydrogens is 234 g/mol. The van der Waals surface area contributed by atoms with Crippen LogP contribution < -0.4 is 11.1 Å². The van der Waals surface area contributed by atoms with Gasteiger partial charge in [-0.25, -0.2) is 9.97 Å². The fourth-order valence-corrected chi connectivity index (χ4v) is 1.39. The number of hydrogen-bond donors (Lipinski definition) is 3. The van der Waals surface area contributed by atoms with Crippen molar-refractivity contribution < 1.29 is 9.47 Å². The maximum atomic E-state index is 7.36. The van der Waals surface area contributed by atoms with Gasteiger partial charge in [0.15, 0.2) is 0 Å². The number of nitrogens with two attached hydrogens (primary N) is 1. The predicted molar refractivity (Wildman–Crippen MR) is 68.9 cm³/mol. The molecule has 1 rings (SSSR count). The highest BCUT2D eigenvalue weighted by Gasteiger charge is 2.09. The van der Waals surface area contributed by atoms with Gasteiger partial charge in [0.2, 0.25) is 5.95 Å². The summed E-state index contributed by atoms with van der Waals surface area (Å²) >= 11 is 0. The zero-order valence-electron chi connectivity index (χ0n) is 10.9. The van der Waals surface area contributed by atoms with Crippen LogP contribution in [0.5, 0.6) is 0 Å². The van der Waals surface area contributed by atoms with Crippen LogP contribution in [-0.4, -0.2) is 49.3 Å². The van der Waals surface area contributed by atoms with Crippen molar-refractivity contribution in [2.24, 2.45) is 5.73 Å². The Morgan fingerprint density at radius 2 is 2.22 bits per heavy atom. The second-order valence-corrected chi connectivity index (χ2v) is 3.83. The van der Waals surface area contributed by atoms with Gasteiger partial charge in [0.1, 0.15) is 11.5 Å². The Morgan fingerprint density at radius 3 is 2.78 bits per heavy atom. The van der Waals surface area contributed by atoms with Gasteiger partial charge in [-0.2, -0.15) is 0 Å². The number of nitrogen functional groups attached to an aromatic ring is 1. The number of amidine groups is 1. The Morgan fingerprint density at radius 1 is 1.50 bits per heavy atom. The molecule has 1 heterocycles. The fraction of sp³-hybridized carbons (Fsp3) is 0.545. The van der Waals surface area contributed by atoms with Crippen molar-refractivity contribution >= 4 is 11.8 Å². The van der Waals surface area contributed by atoms with Crippen molar-refractivity contribution in [3.8, 4) is 0 Å². The molecular formula is C11H19N5O2. The van der Waals surface area contributed by atoms with Crippen LogP contribution in [0.4, 0.5) is 5.95 Å².